The maximum absolute atomic E-state index is 6.65. The van der Waals surface area contributed by atoms with Gasteiger partial charge in [0, 0.05) is 0 Å². The second kappa shape index (κ2) is 12.0. The molecule has 0 bridgehead atoms. The zero-order valence-electron chi connectivity index (χ0n) is 25.4. The lowest BCUT2D eigenvalue weighted by atomic mass is 11.3. The molecule has 0 radical (unpaired) electrons. The molecule has 0 saturated heterocycles. The van der Waals surface area contributed by atoms with E-state index in [2.05, 4.69) is 118 Å². The van der Waals surface area contributed by atoms with Crippen LogP contribution in [0.3, 0.4) is 0 Å². The Morgan fingerprint density at radius 2 is 0.457 bits per heavy atom. The summed E-state index contributed by atoms with van der Waals surface area (Å²) in [6.07, 6.45) is 0. The van der Waals surface area contributed by atoms with E-state index in [1.165, 1.54) is 0 Å². The van der Waals surface area contributed by atoms with Gasteiger partial charge in [0.2, 0.25) is 0 Å². The van der Waals surface area contributed by atoms with Crippen LogP contribution in [0, 0.1) is 0 Å². The highest BCUT2D eigenvalue weighted by molar-refractivity contribution is 6.93. The zero-order chi connectivity index (χ0) is 28.4. The van der Waals surface area contributed by atoms with Gasteiger partial charge in [-0.25, -0.2) is 0 Å². The van der Waals surface area contributed by atoms with Crippen molar-refractivity contribution in [3.8, 4) is 0 Å². The fourth-order valence-corrected chi connectivity index (χ4v) is 42.2. The molecule has 0 atom stereocenters. The van der Waals surface area contributed by atoms with E-state index in [1.807, 2.05) is 11.4 Å². The molecule has 0 amide bonds. The first-order valence-corrected chi connectivity index (χ1v) is 35.1. The van der Waals surface area contributed by atoms with Crippen LogP contribution in [-0.4, -0.2) is 68.0 Å². The molecule has 35 heavy (non-hydrogen) atoms. The lowest BCUT2D eigenvalue weighted by Crippen LogP contribution is -2.61. The van der Waals surface area contributed by atoms with Gasteiger partial charge in [-0.05, 0) is 105 Å². The van der Waals surface area contributed by atoms with Gasteiger partial charge in [0.25, 0.3) is 0 Å². The highest BCUT2D eigenvalue weighted by atomic mass is 28.5. The summed E-state index contributed by atoms with van der Waals surface area (Å²) in [5.41, 5.74) is 3.88. The third-order valence-electron chi connectivity index (χ3n) is 4.46. The predicted octanol–water partition coefficient (Wildman–Crippen LogP) is 7.17. The van der Waals surface area contributed by atoms with Gasteiger partial charge in [-0.15, -0.1) is 13.2 Å². The van der Waals surface area contributed by atoms with E-state index in [-0.39, 0.29) is 0 Å². The largest absolute Gasteiger partial charge is 0.433 e. The molecular weight excluding hydrogens is 577 g/mol. The molecule has 0 aromatic rings. The Morgan fingerprint density at radius 3 is 0.600 bits per heavy atom. The molecule has 0 spiro atoms. The maximum Gasteiger partial charge on any atom is 0.314 e. The molecule has 0 unspecified atom stereocenters. The zero-order valence-corrected chi connectivity index (χ0v) is 33.4. The SMILES string of the molecule is C=C[Si](C)(C)O[Si](C)(C)O[Si](C)(C)O[Si](C)(C)O[Si](C)(C)O[Si](C)(C)O[Si](C)(C)O[Si](C)(C)C=C. The molecule has 0 aromatic carbocycles. The van der Waals surface area contributed by atoms with Crippen LogP contribution in [0.25, 0.3) is 0 Å². The average Bonchev–Trinajstić information content (AvgIpc) is 2.45. The van der Waals surface area contributed by atoms with Crippen molar-refractivity contribution in [2.45, 2.75) is 105 Å². The Balaban J connectivity index is 5.34. The average molecular weight is 631 g/mol. The molecule has 0 heterocycles. The molecule has 0 aliphatic heterocycles. The summed E-state index contributed by atoms with van der Waals surface area (Å²) >= 11 is 0. The van der Waals surface area contributed by atoms with E-state index >= 15 is 0 Å². The van der Waals surface area contributed by atoms with Gasteiger partial charge in [0.1, 0.15) is 0 Å². The van der Waals surface area contributed by atoms with Crippen molar-refractivity contribution in [3.63, 3.8) is 0 Å². The van der Waals surface area contributed by atoms with E-state index in [4.69, 9.17) is 28.8 Å². The van der Waals surface area contributed by atoms with Crippen molar-refractivity contribution < 1.29 is 28.8 Å². The Kier molecular flexibility index (Phi) is 12.3. The lowest BCUT2D eigenvalue weighted by Gasteiger charge is -2.44. The van der Waals surface area contributed by atoms with Crippen molar-refractivity contribution >= 4 is 68.0 Å². The van der Waals surface area contributed by atoms with Crippen LogP contribution in [0.1, 0.15) is 0 Å². The van der Waals surface area contributed by atoms with Gasteiger partial charge < -0.3 is 28.8 Å². The first-order valence-electron chi connectivity index (χ1n) is 12.3. The molecule has 0 aliphatic rings. The van der Waals surface area contributed by atoms with Crippen LogP contribution in [0.15, 0.2) is 24.6 Å². The van der Waals surface area contributed by atoms with Gasteiger partial charge in [0.05, 0.1) is 0 Å². The summed E-state index contributed by atoms with van der Waals surface area (Å²) in [6.45, 7) is 41.2. The second-order valence-electron chi connectivity index (χ2n) is 12.7. The van der Waals surface area contributed by atoms with Crippen LogP contribution < -0.4 is 0 Å². The van der Waals surface area contributed by atoms with E-state index in [9.17, 15) is 0 Å². The molecule has 0 saturated carbocycles. The normalized spacial score (nSPS) is 15.3. The first kappa shape index (κ1) is 35.9. The van der Waals surface area contributed by atoms with Gasteiger partial charge in [-0.3, -0.25) is 0 Å². The molecule has 0 fully saturated rings. The van der Waals surface area contributed by atoms with Crippen LogP contribution in [0.2, 0.25) is 105 Å². The van der Waals surface area contributed by atoms with Crippen LogP contribution in [0.5, 0.6) is 0 Å². The highest BCUT2D eigenvalue weighted by Gasteiger charge is 2.48. The molecule has 0 N–H and O–H groups in total. The predicted molar refractivity (Wildman–Crippen MR) is 168 cm³/mol. The van der Waals surface area contributed by atoms with Gasteiger partial charge >= 0.3 is 51.4 Å². The summed E-state index contributed by atoms with van der Waals surface area (Å²) in [4.78, 5) is 0. The summed E-state index contributed by atoms with van der Waals surface area (Å²) in [5, 5.41) is 0. The smallest absolute Gasteiger partial charge is 0.314 e. The van der Waals surface area contributed by atoms with Crippen molar-refractivity contribution in [1.29, 1.82) is 0 Å². The third-order valence-corrected chi connectivity index (χ3v) is 34.2. The second-order valence-corrected chi connectivity index (χ2v) is 42.5. The van der Waals surface area contributed by atoms with E-state index in [0.29, 0.717) is 0 Å². The fraction of sp³-hybridized carbons (Fsp3) is 0.800. The Bertz CT molecular complexity index is 677. The maximum atomic E-state index is 6.65. The minimum atomic E-state index is -2.57. The summed E-state index contributed by atoms with van der Waals surface area (Å²) in [5.74, 6) is 0. The third kappa shape index (κ3) is 15.8. The van der Waals surface area contributed by atoms with E-state index in [0.717, 1.165) is 0 Å². The molecule has 0 aliphatic carbocycles. The van der Waals surface area contributed by atoms with Crippen LogP contribution in [-0.2, 0) is 28.8 Å². The Labute approximate surface area is 225 Å². The Hall–Kier alpha value is 0.935. The lowest BCUT2D eigenvalue weighted by molar-refractivity contribution is 0.265. The topological polar surface area (TPSA) is 64.6 Å². The van der Waals surface area contributed by atoms with Gasteiger partial charge in [-0.1, -0.05) is 11.4 Å². The summed E-state index contributed by atoms with van der Waals surface area (Å²) in [6, 6.07) is 0. The van der Waals surface area contributed by atoms with Crippen LogP contribution in [0.4, 0.5) is 0 Å². The van der Waals surface area contributed by atoms with E-state index < -0.39 is 68.0 Å². The minimum Gasteiger partial charge on any atom is -0.433 e. The number of hydrogen-bond donors (Lipinski definition) is 0. The summed E-state index contributed by atoms with van der Waals surface area (Å²) < 4.78 is 45.8. The van der Waals surface area contributed by atoms with Crippen molar-refractivity contribution in [3.05, 3.63) is 24.6 Å². The molecule has 7 nitrogen and oxygen atoms in total. The number of hydrogen-bond acceptors (Lipinski definition) is 7. The summed E-state index contributed by atoms with van der Waals surface area (Å²) in [7, 11) is -18.9. The van der Waals surface area contributed by atoms with Crippen molar-refractivity contribution in [2.24, 2.45) is 0 Å². The Morgan fingerprint density at radius 1 is 0.314 bits per heavy atom. The van der Waals surface area contributed by atoms with Gasteiger partial charge in [0.15, 0.2) is 16.6 Å². The van der Waals surface area contributed by atoms with E-state index in [1.54, 1.807) is 0 Å². The minimum absolute atomic E-state index is 1.94. The fourth-order valence-electron chi connectivity index (χ4n) is 4.43. The molecular formula is C20H54O7Si8. The first-order chi connectivity index (χ1) is 15.1. The molecule has 0 rings (SSSR count). The quantitative estimate of drug-likeness (QED) is 0.167. The molecule has 0 aromatic heterocycles. The van der Waals surface area contributed by atoms with Gasteiger partial charge in [-0.2, -0.15) is 0 Å². The standard InChI is InChI=1S/C20H54O7Si8/c1-19-28(3,4)21-30(7,8)23-32(11,12)25-34(15,16)27-35(17,18)26-33(13,14)24-31(9,10)22-29(5,6)20-2/h19-20H,1-2H2,3-18H3. The van der Waals surface area contributed by atoms with Crippen LogP contribution >= 0.6 is 0 Å². The molecule has 15 heteroatoms. The highest BCUT2D eigenvalue weighted by Crippen LogP contribution is 2.29. The monoisotopic (exact) mass is 630 g/mol. The molecule has 208 valence electrons. The van der Waals surface area contributed by atoms with Crippen molar-refractivity contribution in [1.82, 2.24) is 0 Å². The van der Waals surface area contributed by atoms with Crippen molar-refractivity contribution in [2.75, 3.05) is 0 Å². The number of rotatable bonds is 16.